The Labute approximate surface area is 136 Å². The van der Waals surface area contributed by atoms with E-state index >= 15 is 0 Å². The van der Waals surface area contributed by atoms with Crippen molar-refractivity contribution in [2.45, 2.75) is 37.6 Å². The molecule has 1 aliphatic rings. The Hall–Kier alpha value is -1.95. The first-order chi connectivity index (χ1) is 10.7. The topological polar surface area (TPSA) is 74.0 Å². The average Bonchev–Trinajstić information content (AvgIpc) is 2.45. The van der Waals surface area contributed by atoms with Crippen LogP contribution in [0.1, 0.15) is 42.9 Å². The number of hydrogen-bond acceptors (Lipinski definition) is 4. The minimum Gasteiger partial charge on any atom is -0.711 e. The van der Waals surface area contributed by atoms with E-state index in [-0.39, 0.29) is 16.4 Å². The fourth-order valence-electron chi connectivity index (χ4n) is 3.57. The number of benzene rings is 1. The van der Waals surface area contributed by atoms with E-state index in [4.69, 9.17) is 0 Å². The third kappa shape index (κ3) is 2.83. The molecule has 23 heavy (non-hydrogen) atoms. The van der Waals surface area contributed by atoms with Gasteiger partial charge in [-0.05, 0) is 34.4 Å². The summed E-state index contributed by atoms with van der Waals surface area (Å²) in [6.07, 6.45) is 5.37. The molecular formula is C17H20N2O3S. The van der Waals surface area contributed by atoms with Crippen LogP contribution in [-0.2, 0) is 16.3 Å². The van der Waals surface area contributed by atoms with Gasteiger partial charge in [0.05, 0.1) is 5.56 Å². The predicted molar refractivity (Wildman–Crippen MR) is 86.7 cm³/mol. The van der Waals surface area contributed by atoms with Gasteiger partial charge in [0.25, 0.3) is 11.4 Å². The van der Waals surface area contributed by atoms with E-state index in [2.05, 4.69) is 24.9 Å². The SMILES string of the molecule is CC1(C)CCc2ccccc2C1c1c[n+]([O-])cnc1S(C)(=O)=O. The summed E-state index contributed by atoms with van der Waals surface area (Å²) in [4.78, 5) is 3.93. The third-order valence-electron chi connectivity index (χ3n) is 4.65. The van der Waals surface area contributed by atoms with Gasteiger partial charge in [-0.25, -0.2) is 13.1 Å². The second-order valence-electron chi connectivity index (χ2n) is 6.89. The van der Waals surface area contributed by atoms with E-state index in [0.29, 0.717) is 10.3 Å². The molecule has 0 aliphatic heterocycles. The molecule has 1 unspecified atom stereocenters. The van der Waals surface area contributed by atoms with Crippen LogP contribution in [0.2, 0.25) is 0 Å². The minimum atomic E-state index is -3.52. The number of hydrogen-bond donors (Lipinski definition) is 0. The largest absolute Gasteiger partial charge is 0.711 e. The average molecular weight is 332 g/mol. The maximum absolute atomic E-state index is 12.2. The van der Waals surface area contributed by atoms with Crippen LogP contribution in [0.3, 0.4) is 0 Å². The highest BCUT2D eigenvalue weighted by atomic mass is 32.2. The fraction of sp³-hybridized carbons (Fsp3) is 0.412. The molecule has 1 atom stereocenters. The molecule has 0 saturated heterocycles. The normalized spacial score (nSPS) is 20.0. The molecule has 122 valence electrons. The second kappa shape index (κ2) is 5.30. The Morgan fingerprint density at radius 3 is 2.65 bits per heavy atom. The van der Waals surface area contributed by atoms with Crippen LogP contribution in [0, 0.1) is 10.6 Å². The van der Waals surface area contributed by atoms with Crippen molar-refractivity contribution in [2.75, 3.05) is 6.26 Å². The van der Waals surface area contributed by atoms with Gasteiger partial charge in [0.2, 0.25) is 9.84 Å². The molecule has 0 bridgehead atoms. The van der Waals surface area contributed by atoms with Gasteiger partial charge in [-0.1, -0.05) is 38.1 Å². The highest BCUT2D eigenvalue weighted by molar-refractivity contribution is 7.90. The Morgan fingerprint density at radius 1 is 1.26 bits per heavy atom. The molecule has 0 amide bonds. The molecule has 1 aromatic heterocycles. The van der Waals surface area contributed by atoms with Crippen molar-refractivity contribution >= 4 is 9.84 Å². The van der Waals surface area contributed by atoms with E-state index in [1.165, 1.54) is 11.8 Å². The lowest BCUT2D eigenvalue weighted by molar-refractivity contribution is -0.610. The Balaban J connectivity index is 2.31. The predicted octanol–water partition coefficient (Wildman–Crippen LogP) is 2.22. The maximum atomic E-state index is 12.2. The highest BCUT2D eigenvalue weighted by Gasteiger charge is 2.41. The van der Waals surface area contributed by atoms with Gasteiger partial charge in [0.15, 0.2) is 0 Å². The van der Waals surface area contributed by atoms with Crippen LogP contribution >= 0.6 is 0 Å². The summed E-state index contributed by atoms with van der Waals surface area (Å²) in [5.41, 5.74) is 2.62. The van der Waals surface area contributed by atoms with E-state index in [1.807, 2.05) is 18.2 Å². The first-order valence-corrected chi connectivity index (χ1v) is 9.46. The lowest BCUT2D eigenvalue weighted by atomic mass is 9.64. The standard InChI is InChI=1S/C17H20N2O3S/c1-17(2)9-8-12-6-4-5-7-13(12)15(17)14-10-19(20)11-18-16(14)23(3,21)22/h4-7,10-11,15H,8-9H2,1-3H3. The van der Waals surface area contributed by atoms with E-state index < -0.39 is 9.84 Å². The van der Waals surface area contributed by atoms with Gasteiger partial charge < -0.3 is 5.21 Å². The molecule has 0 N–H and O–H groups in total. The summed E-state index contributed by atoms with van der Waals surface area (Å²) in [5, 5.41) is 11.8. The van der Waals surface area contributed by atoms with Crippen LogP contribution in [-0.4, -0.2) is 19.7 Å². The lowest BCUT2D eigenvalue weighted by Gasteiger charge is -2.40. The molecule has 6 heteroatoms. The summed E-state index contributed by atoms with van der Waals surface area (Å²) in [7, 11) is -3.52. The summed E-state index contributed by atoms with van der Waals surface area (Å²) in [6.45, 7) is 4.23. The quantitative estimate of drug-likeness (QED) is 0.480. The van der Waals surface area contributed by atoms with Crippen LogP contribution < -0.4 is 4.73 Å². The molecule has 0 spiro atoms. The summed E-state index contributed by atoms with van der Waals surface area (Å²) in [6, 6.07) is 8.03. The van der Waals surface area contributed by atoms with Gasteiger partial charge in [-0.15, -0.1) is 0 Å². The van der Waals surface area contributed by atoms with E-state index in [9.17, 15) is 13.6 Å². The fourth-order valence-corrected chi connectivity index (χ4v) is 4.41. The van der Waals surface area contributed by atoms with E-state index in [1.54, 1.807) is 0 Å². The zero-order chi connectivity index (χ0) is 16.8. The van der Waals surface area contributed by atoms with Gasteiger partial charge in [-0.3, -0.25) is 0 Å². The number of fused-ring (bicyclic) bond motifs is 1. The van der Waals surface area contributed by atoms with Gasteiger partial charge in [-0.2, -0.15) is 0 Å². The Morgan fingerprint density at radius 2 is 1.96 bits per heavy atom. The molecular weight excluding hydrogens is 312 g/mol. The van der Waals surface area contributed by atoms with Crippen LogP contribution in [0.15, 0.2) is 41.8 Å². The van der Waals surface area contributed by atoms with Crippen molar-refractivity contribution in [1.29, 1.82) is 0 Å². The van der Waals surface area contributed by atoms with Crippen LogP contribution in [0.25, 0.3) is 0 Å². The number of nitrogens with zero attached hydrogens (tertiary/aromatic N) is 2. The molecule has 0 fully saturated rings. The lowest BCUT2D eigenvalue weighted by Crippen LogP contribution is -2.35. The summed E-state index contributed by atoms with van der Waals surface area (Å²) < 4.78 is 24.9. The van der Waals surface area contributed by atoms with Crippen molar-refractivity contribution < 1.29 is 13.1 Å². The van der Waals surface area contributed by atoms with Crippen molar-refractivity contribution in [1.82, 2.24) is 4.98 Å². The zero-order valence-electron chi connectivity index (χ0n) is 13.5. The Kier molecular flexibility index (Phi) is 3.67. The highest BCUT2D eigenvalue weighted by Crippen LogP contribution is 2.49. The van der Waals surface area contributed by atoms with Gasteiger partial charge >= 0.3 is 0 Å². The number of sulfone groups is 1. The van der Waals surface area contributed by atoms with Crippen LogP contribution in [0.4, 0.5) is 0 Å². The molecule has 3 rings (SSSR count). The monoisotopic (exact) mass is 332 g/mol. The van der Waals surface area contributed by atoms with Crippen molar-refractivity contribution in [2.24, 2.45) is 5.41 Å². The number of aromatic nitrogens is 2. The van der Waals surface area contributed by atoms with Crippen molar-refractivity contribution in [3.05, 3.63) is 58.7 Å². The molecule has 0 radical (unpaired) electrons. The van der Waals surface area contributed by atoms with Gasteiger partial charge in [0, 0.05) is 12.2 Å². The Bertz CT molecular complexity index is 860. The molecule has 1 aromatic carbocycles. The second-order valence-corrected chi connectivity index (χ2v) is 8.82. The molecule has 1 heterocycles. The van der Waals surface area contributed by atoms with Crippen molar-refractivity contribution in [3.8, 4) is 0 Å². The van der Waals surface area contributed by atoms with Crippen molar-refractivity contribution in [3.63, 3.8) is 0 Å². The molecule has 2 aromatic rings. The summed E-state index contributed by atoms with van der Waals surface area (Å²) >= 11 is 0. The van der Waals surface area contributed by atoms with Crippen LogP contribution in [0.5, 0.6) is 0 Å². The minimum absolute atomic E-state index is 0.000576. The number of aryl methyl sites for hydroxylation is 1. The van der Waals surface area contributed by atoms with E-state index in [0.717, 1.165) is 31.0 Å². The summed E-state index contributed by atoms with van der Waals surface area (Å²) in [5.74, 6) is -0.175. The first kappa shape index (κ1) is 15.9. The maximum Gasteiger partial charge on any atom is 0.290 e. The van der Waals surface area contributed by atoms with Gasteiger partial charge in [0.1, 0.15) is 6.20 Å². The molecule has 1 aliphatic carbocycles. The number of rotatable bonds is 2. The molecule has 5 nitrogen and oxygen atoms in total. The first-order valence-electron chi connectivity index (χ1n) is 7.57. The molecule has 0 saturated carbocycles. The third-order valence-corrected chi connectivity index (χ3v) is 5.69. The smallest absolute Gasteiger partial charge is 0.290 e. The zero-order valence-corrected chi connectivity index (χ0v) is 14.3.